The average Bonchev–Trinajstić information content (AvgIpc) is 2.29. The predicted molar refractivity (Wildman–Crippen MR) is 56.8 cm³/mol. The van der Waals surface area contributed by atoms with Crippen molar-refractivity contribution in [1.82, 2.24) is 5.43 Å². The molecule has 0 atom stereocenters. The van der Waals surface area contributed by atoms with Gasteiger partial charge in [0.05, 0.1) is 0 Å². The molecule has 0 saturated carbocycles. The van der Waals surface area contributed by atoms with Crippen LogP contribution in [0, 0.1) is 5.82 Å². The van der Waals surface area contributed by atoms with E-state index < -0.39 is 17.6 Å². The lowest BCUT2D eigenvalue weighted by atomic mass is 10.2. The standard InChI is InChI=1S/C10H12FN3O2/c1-2-14(10(16)9(15)13-12)8-5-3-4-7(11)6-8/h3-6H,2,12H2,1H3,(H,13,15). The highest BCUT2D eigenvalue weighted by molar-refractivity contribution is 6.40. The van der Waals surface area contributed by atoms with Gasteiger partial charge in [-0.2, -0.15) is 0 Å². The zero-order valence-electron chi connectivity index (χ0n) is 8.74. The minimum atomic E-state index is -0.939. The maximum atomic E-state index is 12.9. The topological polar surface area (TPSA) is 75.4 Å². The molecule has 0 aliphatic carbocycles. The van der Waals surface area contributed by atoms with Crippen LogP contribution in [0.3, 0.4) is 0 Å². The first-order chi connectivity index (χ1) is 7.60. The van der Waals surface area contributed by atoms with E-state index >= 15 is 0 Å². The smallest absolute Gasteiger partial charge is 0.304 e. The lowest BCUT2D eigenvalue weighted by molar-refractivity contribution is -0.137. The summed E-state index contributed by atoms with van der Waals surface area (Å²) in [6, 6.07) is 5.42. The molecule has 0 unspecified atom stereocenters. The van der Waals surface area contributed by atoms with Crippen LogP contribution in [0.15, 0.2) is 24.3 Å². The molecule has 16 heavy (non-hydrogen) atoms. The van der Waals surface area contributed by atoms with Gasteiger partial charge in [-0.15, -0.1) is 0 Å². The van der Waals surface area contributed by atoms with Crippen molar-refractivity contribution in [2.45, 2.75) is 6.92 Å². The van der Waals surface area contributed by atoms with Crippen LogP contribution in [-0.4, -0.2) is 18.4 Å². The number of nitrogens with two attached hydrogens (primary N) is 1. The van der Waals surface area contributed by atoms with E-state index in [9.17, 15) is 14.0 Å². The molecule has 5 nitrogen and oxygen atoms in total. The van der Waals surface area contributed by atoms with E-state index in [1.54, 1.807) is 12.3 Å². The monoisotopic (exact) mass is 225 g/mol. The van der Waals surface area contributed by atoms with Crippen molar-refractivity contribution in [3.8, 4) is 0 Å². The van der Waals surface area contributed by atoms with E-state index in [0.717, 1.165) is 4.90 Å². The van der Waals surface area contributed by atoms with Gasteiger partial charge in [0.1, 0.15) is 5.82 Å². The molecule has 0 bridgehead atoms. The van der Waals surface area contributed by atoms with Gasteiger partial charge in [0.15, 0.2) is 0 Å². The molecule has 0 aliphatic rings. The van der Waals surface area contributed by atoms with E-state index in [1.807, 2.05) is 0 Å². The van der Waals surface area contributed by atoms with Crippen LogP contribution in [0.2, 0.25) is 0 Å². The van der Waals surface area contributed by atoms with Gasteiger partial charge >= 0.3 is 11.8 Å². The Bertz CT molecular complexity index is 409. The number of carbonyl (C=O) groups is 2. The largest absolute Gasteiger partial charge is 0.323 e. The molecule has 86 valence electrons. The van der Waals surface area contributed by atoms with Crippen molar-refractivity contribution in [3.63, 3.8) is 0 Å². The average molecular weight is 225 g/mol. The number of hydrogen-bond donors (Lipinski definition) is 2. The zero-order valence-corrected chi connectivity index (χ0v) is 8.74. The number of anilines is 1. The highest BCUT2D eigenvalue weighted by Gasteiger charge is 2.21. The van der Waals surface area contributed by atoms with Gasteiger partial charge in [-0.05, 0) is 25.1 Å². The Balaban J connectivity index is 2.99. The van der Waals surface area contributed by atoms with Gasteiger partial charge in [0, 0.05) is 12.2 Å². The summed E-state index contributed by atoms with van der Waals surface area (Å²) in [7, 11) is 0. The van der Waals surface area contributed by atoms with E-state index in [2.05, 4.69) is 0 Å². The lowest BCUT2D eigenvalue weighted by Crippen LogP contribution is -2.45. The quantitative estimate of drug-likeness (QED) is 0.326. The molecule has 0 saturated heterocycles. The van der Waals surface area contributed by atoms with Gasteiger partial charge in [-0.1, -0.05) is 6.07 Å². The summed E-state index contributed by atoms with van der Waals surface area (Å²) < 4.78 is 12.9. The number of amides is 2. The number of nitrogens with one attached hydrogen (secondary N) is 1. The minimum absolute atomic E-state index is 0.246. The molecule has 1 rings (SSSR count). The fourth-order valence-electron chi connectivity index (χ4n) is 1.27. The fourth-order valence-corrected chi connectivity index (χ4v) is 1.27. The summed E-state index contributed by atoms with van der Waals surface area (Å²) in [6.45, 7) is 1.92. The summed E-state index contributed by atoms with van der Waals surface area (Å²) in [4.78, 5) is 23.7. The van der Waals surface area contributed by atoms with Crippen LogP contribution < -0.4 is 16.2 Å². The zero-order chi connectivity index (χ0) is 12.1. The molecule has 0 heterocycles. The first-order valence-corrected chi connectivity index (χ1v) is 4.68. The Morgan fingerprint density at radius 2 is 2.19 bits per heavy atom. The molecule has 2 amide bonds. The third-order valence-corrected chi connectivity index (χ3v) is 2.01. The molecule has 0 aromatic heterocycles. The summed E-state index contributed by atoms with van der Waals surface area (Å²) in [6.07, 6.45) is 0. The van der Waals surface area contributed by atoms with E-state index in [0.29, 0.717) is 5.69 Å². The van der Waals surface area contributed by atoms with Gasteiger partial charge in [-0.3, -0.25) is 15.0 Å². The third kappa shape index (κ3) is 2.54. The Morgan fingerprint density at radius 3 is 2.69 bits per heavy atom. The van der Waals surface area contributed by atoms with Gasteiger partial charge in [0.2, 0.25) is 0 Å². The number of halogens is 1. The molecule has 0 radical (unpaired) electrons. The van der Waals surface area contributed by atoms with Crippen LogP contribution >= 0.6 is 0 Å². The normalized spacial score (nSPS) is 9.69. The first-order valence-electron chi connectivity index (χ1n) is 4.68. The number of likely N-dealkylation sites (N-methyl/N-ethyl adjacent to an activating group) is 1. The molecular formula is C10H12FN3O2. The number of rotatable bonds is 2. The molecule has 0 spiro atoms. The highest BCUT2D eigenvalue weighted by atomic mass is 19.1. The van der Waals surface area contributed by atoms with Crippen molar-refractivity contribution >= 4 is 17.5 Å². The second-order valence-corrected chi connectivity index (χ2v) is 3.00. The van der Waals surface area contributed by atoms with Crippen molar-refractivity contribution in [1.29, 1.82) is 0 Å². The molecular weight excluding hydrogens is 213 g/mol. The highest BCUT2D eigenvalue weighted by Crippen LogP contribution is 2.15. The Kier molecular flexibility index (Phi) is 3.96. The predicted octanol–water partition coefficient (Wildman–Crippen LogP) is 0.168. The van der Waals surface area contributed by atoms with Crippen molar-refractivity contribution in [3.05, 3.63) is 30.1 Å². The van der Waals surface area contributed by atoms with Crippen molar-refractivity contribution < 1.29 is 14.0 Å². The van der Waals surface area contributed by atoms with Gasteiger partial charge < -0.3 is 4.90 Å². The first kappa shape index (κ1) is 12.1. The second kappa shape index (κ2) is 5.22. The van der Waals surface area contributed by atoms with Gasteiger partial charge in [-0.25, -0.2) is 10.2 Å². The van der Waals surface area contributed by atoms with Gasteiger partial charge in [0.25, 0.3) is 0 Å². The van der Waals surface area contributed by atoms with E-state index in [1.165, 1.54) is 24.3 Å². The second-order valence-electron chi connectivity index (χ2n) is 3.00. The van der Waals surface area contributed by atoms with E-state index in [-0.39, 0.29) is 6.54 Å². The summed E-state index contributed by atoms with van der Waals surface area (Å²) in [5.74, 6) is 2.61. The SMILES string of the molecule is CCN(C(=O)C(=O)NN)c1cccc(F)c1. The molecule has 3 N–H and O–H groups in total. The Morgan fingerprint density at radius 1 is 1.50 bits per heavy atom. The number of nitrogens with zero attached hydrogens (tertiary/aromatic N) is 1. The lowest BCUT2D eigenvalue weighted by Gasteiger charge is -2.19. The molecule has 0 aliphatic heterocycles. The minimum Gasteiger partial charge on any atom is -0.304 e. The number of hydrazine groups is 1. The van der Waals surface area contributed by atoms with Crippen LogP contribution in [0.4, 0.5) is 10.1 Å². The maximum absolute atomic E-state index is 12.9. The molecule has 1 aromatic carbocycles. The van der Waals surface area contributed by atoms with Crippen molar-refractivity contribution in [2.24, 2.45) is 5.84 Å². The number of benzene rings is 1. The Labute approximate surface area is 92.0 Å². The van der Waals surface area contributed by atoms with E-state index in [4.69, 9.17) is 5.84 Å². The van der Waals surface area contributed by atoms with Crippen LogP contribution in [0.25, 0.3) is 0 Å². The maximum Gasteiger partial charge on any atom is 0.323 e. The summed E-state index contributed by atoms with van der Waals surface area (Å²) in [5.41, 5.74) is 2.06. The summed E-state index contributed by atoms with van der Waals surface area (Å²) in [5, 5.41) is 0. The Hall–Kier alpha value is -1.95. The summed E-state index contributed by atoms with van der Waals surface area (Å²) >= 11 is 0. The number of carbonyl (C=O) groups excluding carboxylic acids is 2. The molecule has 1 aromatic rings. The van der Waals surface area contributed by atoms with Crippen LogP contribution in [0.5, 0.6) is 0 Å². The fraction of sp³-hybridized carbons (Fsp3) is 0.200. The third-order valence-electron chi connectivity index (χ3n) is 2.01. The molecule has 0 fully saturated rings. The van der Waals surface area contributed by atoms with Crippen LogP contribution in [-0.2, 0) is 9.59 Å². The molecule has 6 heteroatoms. The van der Waals surface area contributed by atoms with Crippen LogP contribution in [0.1, 0.15) is 6.92 Å². The number of hydrogen-bond acceptors (Lipinski definition) is 3. The van der Waals surface area contributed by atoms with Crippen molar-refractivity contribution in [2.75, 3.05) is 11.4 Å².